The van der Waals surface area contributed by atoms with Crippen molar-refractivity contribution in [2.24, 2.45) is 0 Å². The van der Waals surface area contributed by atoms with Gasteiger partial charge in [0.15, 0.2) is 0 Å². The summed E-state index contributed by atoms with van der Waals surface area (Å²) in [5.41, 5.74) is 0.188. The maximum Gasteiger partial charge on any atom is 0.130 e. The van der Waals surface area contributed by atoms with E-state index in [1.165, 1.54) is 18.2 Å². The molecule has 3 aliphatic rings. The number of piperazine rings is 3. The highest BCUT2D eigenvalue weighted by atomic mass is 19.1. The van der Waals surface area contributed by atoms with Gasteiger partial charge in [-0.2, -0.15) is 0 Å². The second kappa shape index (κ2) is 5.76. The highest BCUT2D eigenvalue weighted by Gasteiger charge is 2.38. The van der Waals surface area contributed by atoms with Crippen LogP contribution >= 0.6 is 0 Å². The summed E-state index contributed by atoms with van der Waals surface area (Å²) in [6.07, 6.45) is 0. The van der Waals surface area contributed by atoms with E-state index < -0.39 is 11.6 Å². The molecule has 3 fully saturated rings. The first-order valence-electron chi connectivity index (χ1n) is 7.34. The van der Waals surface area contributed by atoms with Crippen LogP contribution in [0.5, 0.6) is 0 Å². The molecule has 0 radical (unpaired) electrons. The fourth-order valence-electron chi connectivity index (χ4n) is 3.43. The molecule has 4 rings (SSSR count). The van der Waals surface area contributed by atoms with Gasteiger partial charge in [0.1, 0.15) is 11.6 Å². The maximum atomic E-state index is 14.1. The molecule has 3 aliphatic heterocycles. The summed E-state index contributed by atoms with van der Waals surface area (Å²) in [4.78, 5) is 4.74. The zero-order valence-corrected chi connectivity index (χ0v) is 11.8. The van der Waals surface area contributed by atoms with E-state index in [2.05, 4.69) is 15.1 Å². The largest absolute Gasteiger partial charge is 0.309 e. The third-order valence-electron chi connectivity index (χ3n) is 4.44. The Balaban J connectivity index is 1.93. The molecule has 110 valence electrons. The molecule has 3 heterocycles. The van der Waals surface area contributed by atoms with Crippen molar-refractivity contribution in [3.63, 3.8) is 0 Å². The molecule has 5 heteroatoms. The van der Waals surface area contributed by atoms with Crippen LogP contribution in [0, 0.1) is 11.6 Å². The summed E-state index contributed by atoms with van der Waals surface area (Å²) in [5.74, 6) is -0.901. The van der Waals surface area contributed by atoms with Gasteiger partial charge in [-0.25, -0.2) is 8.78 Å². The molecule has 1 N–H and O–H groups in total. The third kappa shape index (κ3) is 2.45. The molecule has 0 aliphatic carbocycles. The second-order valence-electron chi connectivity index (χ2n) is 5.57. The number of hydrogen-bond acceptors (Lipinski definition) is 3. The average Bonchev–Trinajstić information content (AvgIpc) is 2.47. The van der Waals surface area contributed by atoms with Gasteiger partial charge >= 0.3 is 0 Å². The van der Waals surface area contributed by atoms with E-state index in [1.54, 1.807) is 0 Å². The van der Waals surface area contributed by atoms with Gasteiger partial charge in [-0.1, -0.05) is 13.0 Å². The summed E-state index contributed by atoms with van der Waals surface area (Å²) in [6.45, 7) is 7.66. The molecule has 2 unspecified atom stereocenters. The van der Waals surface area contributed by atoms with Crippen molar-refractivity contribution in [2.45, 2.75) is 19.0 Å². The minimum atomic E-state index is -0.450. The molecule has 0 aromatic heterocycles. The van der Waals surface area contributed by atoms with E-state index in [-0.39, 0.29) is 17.6 Å². The van der Waals surface area contributed by atoms with Crippen LogP contribution in [0.25, 0.3) is 0 Å². The lowest BCUT2D eigenvalue weighted by atomic mass is 9.93. The second-order valence-corrected chi connectivity index (χ2v) is 5.57. The Bertz CT molecular complexity index is 452. The van der Waals surface area contributed by atoms with Crippen molar-refractivity contribution in [3.05, 3.63) is 35.4 Å². The zero-order chi connectivity index (χ0) is 14.1. The summed E-state index contributed by atoms with van der Waals surface area (Å²) < 4.78 is 28.2. The Kier molecular flexibility index (Phi) is 4.01. The van der Waals surface area contributed by atoms with Crippen molar-refractivity contribution < 1.29 is 8.78 Å². The van der Waals surface area contributed by atoms with Crippen molar-refractivity contribution >= 4 is 0 Å². The normalized spacial score (nSPS) is 30.4. The molecule has 1 aromatic carbocycles. The minimum Gasteiger partial charge on any atom is -0.309 e. The van der Waals surface area contributed by atoms with Crippen LogP contribution in [-0.4, -0.2) is 55.1 Å². The molecule has 0 amide bonds. The van der Waals surface area contributed by atoms with Crippen molar-refractivity contribution in [1.29, 1.82) is 0 Å². The van der Waals surface area contributed by atoms with Gasteiger partial charge in [0.25, 0.3) is 0 Å². The standard InChI is InChI=1S/C15H21F2N3/c1-2-18-15(14-11(16)4-3-5-12(14)17)13-10-19-6-8-20(13)9-7-19/h3-5,13,15,18H,2,6-10H2,1H3. The predicted octanol–water partition coefficient (Wildman–Crippen LogP) is 1.62. The number of nitrogens with zero attached hydrogens (tertiary/aromatic N) is 2. The number of likely N-dealkylation sites (N-methyl/N-ethyl adjacent to an activating group) is 1. The van der Waals surface area contributed by atoms with Crippen LogP contribution < -0.4 is 5.32 Å². The van der Waals surface area contributed by atoms with E-state index in [0.717, 1.165) is 32.7 Å². The maximum absolute atomic E-state index is 14.1. The van der Waals surface area contributed by atoms with Crippen LogP contribution in [0.4, 0.5) is 8.78 Å². The molecule has 0 saturated carbocycles. The molecule has 3 saturated heterocycles. The van der Waals surface area contributed by atoms with E-state index in [0.29, 0.717) is 6.54 Å². The summed E-state index contributed by atoms with van der Waals surface area (Å²) >= 11 is 0. The van der Waals surface area contributed by atoms with E-state index in [4.69, 9.17) is 0 Å². The fourth-order valence-corrected chi connectivity index (χ4v) is 3.43. The van der Waals surface area contributed by atoms with Crippen molar-refractivity contribution in [2.75, 3.05) is 39.3 Å². The van der Waals surface area contributed by atoms with Gasteiger partial charge in [0.05, 0.1) is 6.04 Å². The van der Waals surface area contributed by atoms with Gasteiger partial charge in [0.2, 0.25) is 0 Å². The number of hydrogen-bond donors (Lipinski definition) is 1. The molecule has 2 bridgehead atoms. The smallest absolute Gasteiger partial charge is 0.130 e. The van der Waals surface area contributed by atoms with E-state index in [9.17, 15) is 8.78 Å². The van der Waals surface area contributed by atoms with Gasteiger partial charge in [-0.3, -0.25) is 9.80 Å². The van der Waals surface area contributed by atoms with Crippen molar-refractivity contribution in [1.82, 2.24) is 15.1 Å². The van der Waals surface area contributed by atoms with Crippen LogP contribution in [0.1, 0.15) is 18.5 Å². The summed E-state index contributed by atoms with van der Waals surface area (Å²) in [5, 5.41) is 3.29. The minimum absolute atomic E-state index is 0.142. The highest BCUT2D eigenvalue weighted by Crippen LogP contribution is 2.30. The molecular formula is C15H21F2N3. The first-order valence-corrected chi connectivity index (χ1v) is 7.34. The number of fused-ring (bicyclic) bond motifs is 3. The third-order valence-corrected chi connectivity index (χ3v) is 4.44. The molecule has 3 nitrogen and oxygen atoms in total. The molecular weight excluding hydrogens is 260 g/mol. The number of nitrogens with one attached hydrogen (secondary N) is 1. The quantitative estimate of drug-likeness (QED) is 0.904. The van der Waals surface area contributed by atoms with E-state index in [1.807, 2.05) is 6.92 Å². The average molecular weight is 281 g/mol. The number of benzene rings is 1. The highest BCUT2D eigenvalue weighted by molar-refractivity contribution is 5.25. The van der Waals surface area contributed by atoms with Crippen LogP contribution in [-0.2, 0) is 0 Å². The molecule has 0 spiro atoms. The van der Waals surface area contributed by atoms with Gasteiger partial charge in [-0.15, -0.1) is 0 Å². The molecule has 20 heavy (non-hydrogen) atoms. The fraction of sp³-hybridized carbons (Fsp3) is 0.600. The monoisotopic (exact) mass is 281 g/mol. The lowest BCUT2D eigenvalue weighted by Crippen LogP contribution is -2.64. The molecule has 1 aromatic rings. The zero-order valence-electron chi connectivity index (χ0n) is 11.8. The predicted molar refractivity (Wildman–Crippen MR) is 74.6 cm³/mol. The Morgan fingerprint density at radius 1 is 1.20 bits per heavy atom. The lowest BCUT2D eigenvalue weighted by molar-refractivity contribution is -0.00447. The summed E-state index contributed by atoms with van der Waals surface area (Å²) in [7, 11) is 0. The number of rotatable bonds is 4. The Morgan fingerprint density at radius 3 is 2.35 bits per heavy atom. The Morgan fingerprint density at radius 2 is 1.85 bits per heavy atom. The SMILES string of the molecule is CCNC(c1c(F)cccc1F)C1CN2CCN1CC2. The first-order chi connectivity index (χ1) is 9.70. The number of halogens is 2. The van der Waals surface area contributed by atoms with Crippen LogP contribution in [0.3, 0.4) is 0 Å². The van der Waals surface area contributed by atoms with Gasteiger partial charge in [-0.05, 0) is 18.7 Å². The Labute approximate surface area is 118 Å². The first kappa shape index (κ1) is 13.9. The van der Waals surface area contributed by atoms with Crippen molar-refractivity contribution in [3.8, 4) is 0 Å². The Hall–Kier alpha value is -1.04. The van der Waals surface area contributed by atoms with Crippen LogP contribution in [0.2, 0.25) is 0 Å². The molecule has 2 atom stereocenters. The summed E-state index contributed by atoms with van der Waals surface area (Å²) in [6, 6.07) is 3.97. The topological polar surface area (TPSA) is 18.5 Å². The van der Waals surface area contributed by atoms with E-state index >= 15 is 0 Å². The van der Waals surface area contributed by atoms with Gasteiger partial charge in [0, 0.05) is 44.3 Å². The van der Waals surface area contributed by atoms with Gasteiger partial charge < -0.3 is 5.32 Å². The van der Waals surface area contributed by atoms with Crippen LogP contribution in [0.15, 0.2) is 18.2 Å². The lowest BCUT2D eigenvalue weighted by Gasteiger charge is -2.50.